The van der Waals surface area contributed by atoms with Crippen LogP contribution in [0.1, 0.15) is 25.6 Å². The average Bonchev–Trinajstić information content (AvgIpc) is 2.98. The molecule has 2 heterocycles. The maximum Gasteiger partial charge on any atom is 0.408 e. The summed E-state index contributed by atoms with van der Waals surface area (Å²) >= 11 is 1.58. The van der Waals surface area contributed by atoms with Gasteiger partial charge in [0.2, 0.25) is 5.91 Å². The highest BCUT2D eigenvalue weighted by Gasteiger charge is 2.29. The van der Waals surface area contributed by atoms with Crippen molar-refractivity contribution in [2.45, 2.75) is 38.8 Å². The lowest BCUT2D eigenvalue weighted by atomic mass is 10.1. The van der Waals surface area contributed by atoms with Gasteiger partial charge in [0.1, 0.15) is 11.6 Å². The molecular weight excluding hydrogens is 314 g/mol. The molecule has 0 saturated carbocycles. The van der Waals surface area contributed by atoms with Crippen LogP contribution in [0.15, 0.2) is 17.5 Å². The molecule has 1 aromatic rings. The Morgan fingerprint density at radius 3 is 2.65 bits per heavy atom. The highest BCUT2D eigenvalue weighted by molar-refractivity contribution is 7.09. The van der Waals surface area contributed by atoms with Crippen molar-refractivity contribution in [1.82, 2.24) is 15.5 Å². The minimum Gasteiger partial charge on any atom is -0.444 e. The average molecular weight is 339 g/mol. The minimum absolute atomic E-state index is 0.0502. The SMILES string of the molecule is CC(C)(C)OC(=O)NC(Cc1cccs1)C(=O)N1CCNCC1. The smallest absolute Gasteiger partial charge is 0.408 e. The minimum atomic E-state index is -0.596. The Labute approximate surface area is 141 Å². The van der Waals surface area contributed by atoms with Crippen LogP contribution in [0.4, 0.5) is 4.79 Å². The zero-order valence-corrected chi connectivity index (χ0v) is 14.7. The van der Waals surface area contributed by atoms with Gasteiger partial charge in [0, 0.05) is 37.5 Å². The molecule has 0 spiro atoms. The van der Waals surface area contributed by atoms with Gasteiger partial charge in [0.05, 0.1) is 0 Å². The monoisotopic (exact) mass is 339 g/mol. The lowest BCUT2D eigenvalue weighted by Crippen LogP contribution is -2.55. The Morgan fingerprint density at radius 2 is 2.09 bits per heavy atom. The molecule has 23 heavy (non-hydrogen) atoms. The number of rotatable bonds is 4. The first-order valence-electron chi connectivity index (χ1n) is 7.86. The summed E-state index contributed by atoms with van der Waals surface area (Å²) in [5, 5.41) is 7.93. The molecule has 1 atom stereocenters. The van der Waals surface area contributed by atoms with E-state index >= 15 is 0 Å². The summed E-state index contributed by atoms with van der Waals surface area (Å²) in [5.41, 5.74) is -0.588. The predicted octanol–water partition coefficient (Wildman–Crippen LogP) is 1.62. The van der Waals surface area contributed by atoms with Crippen LogP contribution < -0.4 is 10.6 Å². The van der Waals surface area contributed by atoms with Crippen LogP contribution in [0, 0.1) is 0 Å². The van der Waals surface area contributed by atoms with Gasteiger partial charge in [-0.25, -0.2) is 4.79 Å². The van der Waals surface area contributed by atoms with Crippen LogP contribution in [-0.2, 0) is 16.0 Å². The van der Waals surface area contributed by atoms with E-state index in [-0.39, 0.29) is 5.91 Å². The molecule has 128 valence electrons. The molecule has 2 N–H and O–H groups in total. The van der Waals surface area contributed by atoms with Crippen LogP contribution in [0.2, 0.25) is 0 Å². The molecule has 1 aliphatic rings. The lowest BCUT2D eigenvalue weighted by Gasteiger charge is -2.31. The van der Waals surface area contributed by atoms with Crippen molar-refractivity contribution in [2.24, 2.45) is 0 Å². The number of carbonyl (C=O) groups is 2. The standard InChI is InChI=1S/C16H25N3O3S/c1-16(2,3)22-15(21)18-13(11-12-5-4-10-23-12)14(20)19-8-6-17-7-9-19/h4-5,10,13,17H,6-9,11H2,1-3H3,(H,18,21). The third-order valence-electron chi connectivity index (χ3n) is 3.40. The fraction of sp³-hybridized carbons (Fsp3) is 0.625. The topological polar surface area (TPSA) is 70.7 Å². The van der Waals surface area contributed by atoms with E-state index in [1.165, 1.54) is 0 Å². The summed E-state index contributed by atoms with van der Waals surface area (Å²) in [6, 6.07) is 3.32. The van der Waals surface area contributed by atoms with E-state index in [9.17, 15) is 9.59 Å². The molecule has 2 rings (SSSR count). The Bertz CT molecular complexity index is 519. The normalized spacial score (nSPS) is 16.7. The molecular formula is C16H25N3O3S. The summed E-state index contributed by atoms with van der Waals surface area (Å²) in [5.74, 6) is -0.0502. The van der Waals surface area contributed by atoms with E-state index in [4.69, 9.17) is 4.74 Å². The number of hydrogen-bond donors (Lipinski definition) is 2. The van der Waals surface area contributed by atoms with Gasteiger partial charge < -0.3 is 20.3 Å². The Morgan fingerprint density at radius 1 is 1.39 bits per heavy atom. The third kappa shape index (κ3) is 5.84. The second kappa shape index (κ2) is 7.79. The van der Waals surface area contributed by atoms with Crippen LogP contribution in [0.3, 0.4) is 0 Å². The highest BCUT2D eigenvalue weighted by atomic mass is 32.1. The van der Waals surface area contributed by atoms with Crippen molar-refractivity contribution in [1.29, 1.82) is 0 Å². The van der Waals surface area contributed by atoms with Gasteiger partial charge >= 0.3 is 6.09 Å². The van der Waals surface area contributed by atoms with Crippen molar-refractivity contribution < 1.29 is 14.3 Å². The quantitative estimate of drug-likeness (QED) is 0.874. The van der Waals surface area contributed by atoms with Crippen molar-refractivity contribution in [3.05, 3.63) is 22.4 Å². The van der Waals surface area contributed by atoms with Gasteiger partial charge in [-0.15, -0.1) is 11.3 Å². The first-order valence-corrected chi connectivity index (χ1v) is 8.74. The van der Waals surface area contributed by atoms with Crippen molar-refractivity contribution >= 4 is 23.3 Å². The summed E-state index contributed by atoms with van der Waals surface area (Å²) in [6.07, 6.45) is -0.0674. The molecule has 0 aromatic carbocycles. The van der Waals surface area contributed by atoms with Crippen LogP contribution in [0.5, 0.6) is 0 Å². The highest BCUT2D eigenvalue weighted by Crippen LogP contribution is 2.14. The second-order valence-electron chi connectivity index (χ2n) is 6.56. The molecule has 7 heteroatoms. The number of thiophene rings is 1. The van der Waals surface area contributed by atoms with E-state index in [1.807, 2.05) is 17.5 Å². The number of amides is 2. The molecule has 1 aromatic heterocycles. The fourth-order valence-corrected chi connectivity index (χ4v) is 3.14. The van der Waals surface area contributed by atoms with Crippen LogP contribution in [-0.4, -0.2) is 54.7 Å². The first-order chi connectivity index (χ1) is 10.8. The molecule has 1 aliphatic heterocycles. The van der Waals surface area contributed by atoms with Crippen molar-refractivity contribution in [3.63, 3.8) is 0 Å². The number of hydrogen-bond acceptors (Lipinski definition) is 5. The maximum absolute atomic E-state index is 12.8. The molecule has 6 nitrogen and oxygen atoms in total. The maximum atomic E-state index is 12.8. The van der Waals surface area contributed by atoms with Gasteiger partial charge in [-0.3, -0.25) is 4.79 Å². The molecule has 0 bridgehead atoms. The molecule has 1 saturated heterocycles. The lowest BCUT2D eigenvalue weighted by molar-refractivity contribution is -0.134. The van der Waals surface area contributed by atoms with E-state index < -0.39 is 17.7 Å². The zero-order chi connectivity index (χ0) is 16.9. The first kappa shape index (κ1) is 17.7. The number of piperazine rings is 1. The summed E-state index contributed by atoms with van der Waals surface area (Å²) in [6.45, 7) is 8.30. The van der Waals surface area contributed by atoms with Crippen molar-refractivity contribution in [2.75, 3.05) is 26.2 Å². The predicted molar refractivity (Wildman–Crippen MR) is 90.6 cm³/mol. The van der Waals surface area contributed by atoms with Crippen LogP contribution >= 0.6 is 11.3 Å². The molecule has 1 fully saturated rings. The van der Waals surface area contributed by atoms with Crippen molar-refractivity contribution in [3.8, 4) is 0 Å². The summed E-state index contributed by atoms with van der Waals surface area (Å²) < 4.78 is 5.30. The molecule has 0 aliphatic carbocycles. The van der Waals surface area contributed by atoms with Gasteiger partial charge in [0.15, 0.2) is 0 Å². The van der Waals surface area contributed by atoms with E-state index in [2.05, 4.69) is 10.6 Å². The molecule has 2 amide bonds. The summed E-state index contributed by atoms with van der Waals surface area (Å²) in [7, 11) is 0. The molecule has 1 unspecified atom stereocenters. The van der Waals surface area contributed by atoms with E-state index in [0.717, 1.165) is 18.0 Å². The van der Waals surface area contributed by atoms with Gasteiger partial charge in [0.25, 0.3) is 0 Å². The zero-order valence-electron chi connectivity index (χ0n) is 13.9. The number of nitrogens with one attached hydrogen (secondary N) is 2. The second-order valence-corrected chi connectivity index (χ2v) is 7.59. The Kier molecular flexibility index (Phi) is 6.01. The fourth-order valence-electron chi connectivity index (χ4n) is 2.39. The van der Waals surface area contributed by atoms with E-state index in [1.54, 1.807) is 37.0 Å². The van der Waals surface area contributed by atoms with Gasteiger partial charge in [-0.2, -0.15) is 0 Å². The largest absolute Gasteiger partial charge is 0.444 e. The number of ether oxygens (including phenoxy) is 1. The van der Waals surface area contributed by atoms with Gasteiger partial charge in [-0.1, -0.05) is 6.07 Å². The third-order valence-corrected chi connectivity index (χ3v) is 4.30. The number of carbonyl (C=O) groups excluding carboxylic acids is 2. The Hall–Kier alpha value is -1.60. The van der Waals surface area contributed by atoms with Crippen LogP contribution in [0.25, 0.3) is 0 Å². The molecule has 0 radical (unpaired) electrons. The number of alkyl carbamates (subject to hydrolysis) is 1. The Balaban J connectivity index is 2.04. The van der Waals surface area contributed by atoms with Gasteiger partial charge in [-0.05, 0) is 32.2 Å². The van der Waals surface area contributed by atoms with E-state index in [0.29, 0.717) is 19.5 Å². The summed E-state index contributed by atoms with van der Waals surface area (Å²) in [4.78, 5) is 27.7. The number of nitrogens with zero attached hydrogens (tertiary/aromatic N) is 1.